The Morgan fingerprint density at radius 1 is 0.976 bits per heavy atom. The fourth-order valence-corrected chi connectivity index (χ4v) is 4.16. The van der Waals surface area contributed by atoms with Crippen LogP contribution in [-0.2, 0) is 33.8 Å². The molecule has 218 valence electrons. The number of carbonyl (C=O) groups excluding carboxylic acids is 3. The number of esters is 2. The topological polar surface area (TPSA) is 130 Å². The van der Waals surface area contributed by atoms with Crippen molar-refractivity contribution >= 4 is 18.0 Å². The van der Waals surface area contributed by atoms with E-state index in [0.717, 1.165) is 16.8 Å². The summed E-state index contributed by atoms with van der Waals surface area (Å²) in [5.74, 6) is -0.934. The van der Waals surface area contributed by atoms with Crippen molar-refractivity contribution in [1.82, 2.24) is 20.3 Å². The summed E-state index contributed by atoms with van der Waals surface area (Å²) in [7, 11) is 1.26. The Morgan fingerprint density at radius 3 is 2.22 bits per heavy atom. The van der Waals surface area contributed by atoms with Gasteiger partial charge in [-0.3, -0.25) is 9.97 Å². The van der Waals surface area contributed by atoms with Gasteiger partial charge in [-0.15, -0.1) is 0 Å². The Morgan fingerprint density at radius 2 is 1.66 bits per heavy atom. The van der Waals surface area contributed by atoms with Crippen molar-refractivity contribution in [3.05, 3.63) is 76.1 Å². The van der Waals surface area contributed by atoms with Crippen molar-refractivity contribution in [2.75, 3.05) is 7.11 Å². The van der Waals surface area contributed by atoms with Crippen molar-refractivity contribution in [2.24, 2.45) is 5.92 Å². The van der Waals surface area contributed by atoms with Crippen LogP contribution in [0.3, 0.4) is 0 Å². The smallest absolute Gasteiger partial charge is 0.407 e. The highest BCUT2D eigenvalue weighted by molar-refractivity contribution is 5.99. The lowest BCUT2D eigenvalue weighted by Crippen LogP contribution is -2.32. The van der Waals surface area contributed by atoms with Gasteiger partial charge in [-0.05, 0) is 52.5 Å². The van der Waals surface area contributed by atoms with E-state index in [1.165, 1.54) is 19.5 Å². The van der Waals surface area contributed by atoms with Gasteiger partial charge in [0.2, 0.25) is 0 Å². The number of pyridine rings is 1. The lowest BCUT2D eigenvalue weighted by molar-refractivity contribution is 0.0464. The number of benzene rings is 1. The Balaban J connectivity index is 2.05. The third-order valence-electron chi connectivity index (χ3n) is 5.97. The van der Waals surface area contributed by atoms with E-state index in [1.807, 2.05) is 31.2 Å². The summed E-state index contributed by atoms with van der Waals surface area (Å²) in [6.07, 6.45) is 2.69. The van der Waals surface area contributed by atoms with Crippen LogP contribution < -0.4 is 5.32 Å². The molecule has 0 fully saturated rings. The molecule has 0 aliphatic heterocycles. The maximum atomic E-state index is 13.6. The van der Waals surface area contributed by atoms with E-state index in [-0.39, 0.29) is 24.8 Å². The number of carbonyl (C=O) groups is 3. The highest BCUT2D eigenvalue weighted by Gasteiger charge is 2.26. The van der Waals surface area contributed by atoms with Gasteiger partial charge in [-0.1, -0.05) is 43.7 Å². The first-order chi connectivity index (χ1) is 19.3. The van der Waals surface area contributed by atoms with Crippen LogP contribution in [-0.4, -0.2) is 45.7 Å². The van der Waals surface area contributed by atoms with Crippen LogP contribution in [0.5, 0.6) is 0 Å². The summed E-state index contributed by atoms with van der Waals surface area (Å²) in [5, 5.41) is 2.84. The predicted molar refractivity (Wildman–Crippen MR) is 153 cm³/mol. The minimum atomic E-state index is -0.664. The molecule has 0 saturated carbocycles. The molecule has 2 heterocycles. The molecule has 10 heteroatoms. The maximum absolute atomic E-state index is 13.6. The Hall–Kier alpha value is -4.34. The summed E-state index contributed by atoms with van der Waals surface area (Å²) in [5.41, 5.74) is 4.54. The molecule has 2 aromatic heterocycles. The average molecular weight is 563 g/mol. The number of nitrogens with zero attached hydrogens (tertiary/aromatic N) is 3. The molecule has 0 spiro atoms. The van der Waals surface area contributed by atoms with Crippen molar-refractivity contribution < 1.29 is 28.6 Å². The number of methoxy groups -OCH3 is 1. The van der Waals surface area contributed by atoms with Crippen LogP contribution in [0.2, 0.25) is 0 Å². The molecule has 0 saturated heterocycles. The van der Waals surface area contributed by atoms with Crippen LogP contribution in [0.1, 0.15) is 83.7 Å². The molecule has 1 amide bonds. The summed E-state index contributed by atoms with van der Waals surface area (Å²) in [4.78, 5) is 50.9. The van der Waals surface area contributed by atoms with Gasteiger partial charge in [0.25, 0.3) is 0 Å². The second-order valence-electron chi connectivity index (χ2n) is 11.2. The van der Waals surface area contributed by atoms with Gasteiger partial charge in [0.15, 0.2) is 5.69 Å². The third kappa shape index (κ3) is 8.57. The first-order valence-corrected chi connectivity index (χ1v) is 13.4. The molecule has 1 aromatic carbocycles. The molecule has 0 bridgehead atoms. The first kappa shape index (κ1) is 31.2. The number of ether oxygens (including phenoxy) is 3. The third-order valence-corrected chi connectivity index (χ3v) is 5.97. The molecule has 0 aliphatic rings. The summed E-state index contributed by atoms with van der Waals surface area (Å²) in [6, 6.07) is 7.81. The van der Waals surface area contributed by atoms with Gasteiger partial charge >= 0.3 is 18.0 Å². The molecule has 0 atom stereocenters. The number of amides is 1. The maximum Gasteiger partial charge on any atom is 0.407 e. The zero-order valence-electron chi connectivity index (χ0n) is 25.0. The number of aryl methyl sites for hydroxylation is 2. The molecule has 1 N–H and O–H groups in total. The summed E-state index contributed by atoms with van der Waals surface area (Å²) < 4.78 is 15.8. The highest BCUT2D eigenvalue weighted by atomic mass is 16.6. The molecule has 0 radical (unpaired) electrons. The number of alkyl carbamates (subject to hydrolysis) is 1. The largest absolute Gasteiger partial charge is 0.464 e. The van der Waals surface area contributed by atoms with E-state index in [1.54, 1.807) is 27.7 Å². The number of aromatic nitrogens is 3. The number of hydrogen-bond acceptors (Lipinski definition) is 9. The van der Waals surface area contributed by atoms with E-state index >= 15 is 0 Å². The zero-order chi connectivity index (χ0) is 30.3. The van der Waals surface area contributed by atoms with E-state index in [9.17, 15) is 14.4 Å². The average Bonchev–Trinajstić information content (AvgIpc) is 2.90. The minimum Gasteiger partial charge on any atom is -0.464 e. The number of rotatable bonds is 9. The quantitative estimate of drug-likeness (QED) is 0.264. The number of hydrogen-bond donors (Lipinski definition) is 1. The summed E-state index contributed by atoms with van der Waals surface area (Å²) >= 11 is 0. The fraction of sp³-hybridized carbons (Fsp3) is 0.419. The van der Waals surface area contributed by atoms with Crippen molar-refractivity contribution in [2.45, 2.75) is 73.6 Å². The molecular formula is C31H38N4O6. The minimum absolute atomic E-state index is 0.0483. The first-order valence-electron chi connectivity index (χ1n) is 13.4. The highest BCUT2D eigenvalue weighted by Crippen LogP contribution is 2.33. The van der Waals surface area contributed by atoms with Crippen LogP contribution in [0.25, 0.3) is 11.1 Å². The molecule has 0 unspecified atom stereocenters. The second-order valence-corrected chi connectivity index (χ2v) is 11.2. The lowest BCUT2D eigenvalue weighted by Gasteiger charge is -2.23. The van der Waals surface area contributed by atoms with Crippen LogP contribution in [0.15, 0.2) is 36.7 Å². The number of nitrogens with one attached hydrogen (secondary N) is 1. The van der Waals surface area contributed by atoms with Crippen molar-refractivity contribution in [3.8, 4) is 11.1 Å². The Bertz CT molecular complexity index is 1390. The molecule has 41 heavy (non-hydrogen) atoms. The van der Waals surface area contributed by atoms with Crippen LogP contribution in [0, 0.1) is 19.8 Å². The van der Waals surface area contributed by atoms with Gasteiger partial charge in [-0.2, -0.15) is 0 Å². The van der Waals surface area contributed by atoms with E-state index < -0.39 is 23.6 Å². The van der Waals surface area contributed by atoms with Crippen LogP contribution in [0.4, 0.5) is 4.79 Å². The van der Waals surface area contributed by atoms with Gasteiger partial charge in [0.1, 0.15) is 12.2 Å². The second kappa shape index (κ2) is 13.3. The predicted octanol–water partition coefficient (Wildman–Crippen LogP) is 5.52. The van der Waals surface area contributed by atoms with E-state index in [0.29, 0.717) is 34.5 Å². The van der Waals surface area contributed by atoms with Crippen molar-refractivity contribution in [1.29, 1.82) is 0 Å². The van der Waals surface area contributed by atoms with Crippen LogP contribution >= 0.6 is 0 Å². The molecule has 0 aliphatic carbocycles. The molecule has 3 rings (SSSR count). The molecular weight excluding hydrogens is 524 g/mol. The van der Waals surface area contributed by atoms with E-state index in [4.69, 9.17) is 14.5 Å². The van der Waals surface area contributed by atoms with Gasteiger partial charge < -0.3 is 19.5 Å². The SMILES string of the molecule is COC(=O)c1cnc(COC(=O)c2c(C)nc(CC(C)C)c(CNC(=O)OC(C)(C)C)c2-c2ccc(C)cc2)cn1. The van der Waals surface area contributed by atoms with Gasteiger partial charge in [0, 0.05) is 23.4 Å². The van der Waals surface area contributed by atoms with Gasteiger partial charge in [-0.25, -0.2) is 19.4 Å². The fourth-order valence-electron chi connectivity index (χ4n) is 4.16. The lowest BCUT2D eigenvalue weighted by atomic mass is 9.89. The standard InChI is InChI=1S/C31H38N4O6/c1-18(2)13-24-23(15-34-30(38)41-31(5,6)7)27(21-11-9-19(3)10-12-21)26(20(4)35-24)29(37)40-17-22-14-33-25(16-32-22)28(36)39-8/h9-12,14,16,18H,13,15,17H2,1-8H3,(H,34,38). The van der Waals surface area contributed by atoms with Gasteiger partial charge in [0.05, 0.1) is 36.5 Å². The van der Waals surface area contributed by atoms with E-state index in [2.05, 4.69) is 33.9 Å². The normalized spacial score (nSPS) is 11.2. The molecule has 3 aromatic rings. The monoisotopic (exact) mass is 562 g/mol. The zero-order valence-corrected chi connectivity index (χ0v) is 25.0. The Labute approximate surface area is 240 Å². The summed E-state index contributed by atoms with van der Waals surface area (Å²) in [6.45, 7) is 13.3. The Kier molecular flexibility index (Phi) is 10.2. The molecule has 10 nitrogen and oxygen atoms in total. The van der Waals surface area contributed by atoms with Crippen molar-refractivity contribution in [3.63, 3.8) is 0 Å².